The highest BCUT2D eigenvalue weighted by molar-refractivity contribution is 7.20. The van der Waals surface area contributed by atoms with E-state index in [1.807, 2.05) is 0 Å². The molecule has 3 rings (SSSR count). The average molecular weight is 358 g/mol. The van der Waals surface area contributed by atoms with Gasteiger partial charge in [-0.15, -0.1) is 0 Å². The summed E-state index contributed by atoms with van der Waals surface area (Å²) in [6.07, 6.45) is 1.37. The molecule has 1 aromatic carbocycles. The molecule has 130 valence electrons. The number of aromatic amines is 1. The topological polar surface area (TPSA) is 69.3 Å². The molecular formula is C16H19F3N3OS+. The molecule has 0 unspecified atom stereocenters. The second-order valence-electron chi connectivity index (χ2n) is 6.21. The molecule has 1 saturated carbocycles. The van der Waals surface area contributed by atoms with Gasteiger partial charge in [-0.2, -0.15) is 18.2 Å². The van der Waals surface area contributed by atoms with E-state index in [-0.39, 0.29) is 22.1 Å². The molecule has 8 heteroatoms. The first-order chi connectivity index (χ1) is 11.3. The third-order valence-electron chi connectivity index (χ3n) is 4.38. The molecule has 1 fully saturated rings. The van der Waals surface area contributed by atoms with Crippen LogP contribution in [0.25, 0.3) is 10.2 Å². The second-order valence-corrected chi connectivity index (χ2v) is 7.23. The molecule has 0 saturated heterocycles. The maximum absolute atomic E-state index is 12.8. The third kappa shape index (κ3) is 3.63. The van der Waals surface area contributed by atoms with Crippen LogP contribution in [-0.2, 0) is 6.18 Å². The lowest BCUT2D eigenvalue weighted by atomic mass is 9.89. The van der Waals surface area contributed by atoms with Crippen molar-refractivity contribution in [3.8, 4) is 0 Å². The van der Waals surface area contributed by atoms with Crippen LogP contribution in [0.3, 0.4) is 0 Å². The van der Waals surface area contributed by atoms with Crippen LogP contribution in [0.2, 0.25) is 0 Å². The predicted octanol–water partition coefficient (Wildman–Crippen LogP) is 3.63. The number of alkyl halides is 3. The molecule has 1 aliphatic carbocycles. The lowest BCUT2D eigenvalue weighted by Gasteiger charge is -2.21. The van der Waals surface area contributed by atoms with Crippen LogP contribution in [0.5, 0.6) is 0 Å². The van der Waals surface area contributed by atoms with Gasteiger partial charge in [-0.1, -0.05) is 30.6 Å². The number of nitrogens with one attached hydrogen (secondary N) is 2. The Morgan fingerprint density at radius 2 is 2.00 bits per heavy atom. The number of amides is 1. The van der Waals surface area contributed by atoms with Gasteiger partial charge < -0.3 is 11.1 Å². The van der Waals surface area contributed by atoms with Gasteiger partial charge >= 0.3 is 17.1 Å². The highest BCUT2D eigenvalue weighted by atomic mass is 32.1. The standard InChI is InChI=1S/C16H18F3N3OS/c17-16(18,19)10-6-11(20)13-12(7-10)22-15(24-13)14(23)21-8-9-4-2-1-3-5-9/h6-7,9H,1-5,8,20H2,(H,21,23)/p+1. The van der Waals surface area contributed by atoms with Gasteiger partial charge in [-0.05, 0) is 24.8 Å². The second kappa shape index (κ2) is 6.58. The van der Waals surface area contributed by atoms with Gasteiger partial charge in [-0.25, -0.2) is 0 Å². The fourth-order valence-corrected chi connectivity index (χ4v) is 4.01. The molecule has 0 bridgehead atoms. The molecule has 0 spiro atoms. The van der Waals surface area contributed by atoms with Crippen molar-refractivity contribution < 1.29 is 22.9 Å². The largest absolute Gasteiger partial charge is 0.416 e. The number of nitrogens with two attached hydrogens (primary N) is 1. The maximum atomic E-state index is 12.8. The number of anilines is 1. The molecule has 0 atom stereocenters. The first-order valence-electron chi connectivity index (χ1n) is 7.95. The first-order valence-corrected chi connectivity index (χ1v) is 8.77. The Balaban J connectivity index is 1.77. The van der Waals surface area contributed by atoms with E-state index >= 15 is 0 Å². The Hall–Kier alpha value is -1.83. The minimum absolute atomic E-state index is 0.0207. The number of fused-ring (bicyclic) bond motifs is 1. The molecule has 1 aromatic heterocycles. The zero-order chi connectivity index (χ0) is 17.3. The van der Waals surface area contributed by atoms with E-state index in [9.17, 15) is 18.0 Å². The highest BCUT2D eigenvalue weighted by Gasteiger charge is 2.33. The van der Waals surface area contributed by atoms with Gasteiger partial charge in [0.25, 0.3) is 0 Å². The Bertz CT molecular complexity index is 751. The summed E-state index contributed by atoms with van der Waals surface area (Å²) in [5, 5.41) is 3.14. The van der Waals surface area contributed by atoms with Crippen molar-refractivity contribution in [3.05, 3.63) is 22.7 Å². The van der Waals surface area contributed by atoms with Crippen molar-refractivity contribution in [2.75, 3.05) is 12.3 Å². The van der Waals surface area contributed by atoms with Crippen LogP contribution >= 0.6 is 11.3 Å². The number of H-pyrrole nitrogens is 1. The zero-order valence-electron chi connectivity index (χ0n) is 13.0. The Morgan fingerprint density at radius 1 is 1.29 bits per heavy atom. The molecule has 1 aliphatic rings. The van der Waals surface area contributed by atoms with E-state index in [1.54, 1.807) is 0 Å². The molecule has 0 aliphatic heterocycles. The van der Waals surface area contributed by atoms with Crippen LogP contribution in [-0.4, -0.2) is 12.5 Å². The van der Waals surface area contributed by atoms with Crippen molar-refractivity contribution in [1.29, 1.82) is 0 Å². The molecule has 4 nitrogen and oxygen atoms in total. The van der Waals surface area contributed by atoms with Crippen LogP contribution < -0.4 is 16.0 Å². The monoisotopic (exact) mass is 358 g/mol. The van der Waals surface area contributed by atoms with Gasteiger partial charge in [0.05, 0.1) is 11.3 Å². The summed E-state index contributed by atoms with van der Waals surface area (Å²) in [4.78, 5) is 15.0. The fraction of sp³-hybridized carbons (Fsp3) is 0.500. The lowest BCUT2D eigenvalue weighted by molar-refractivity contribution is -0.342. The average Bonchev–Trinajstić information content (AvgIpc) is 2.97. The first kappa shape index (κ1) is 17.0. The molecule has 1 amide bonds. The summed E-state index contributed by atoms with van der Waals surface area (Å²) in [6, 6.07) is 1.89. The van der Waals surface area contributed by atoms with E-state index in [0.29, 0.717) is 17.2 Å². The summed E-state index contributed by atoms with van der Waals surface area (Å²) >= 11 is 1.08. The molecular weight excluding hydrogens is 339 g/mol. The lowest BCUT2D eigenvalue weighted by Crippen LogP contribution is -2.32. The van der Waals surface area contributed by atoms with Crippen molar-refractivity contribution in [3.63, 3.8) is 0 Å². The number of carbonyl (C=O) groups excluding carboxylic acids is 1. The SMILES string of the molecule is Nc1cc(C(F)(F)F)cc2[nH+]c(C(=O)NCC3CCCCC3)sc12. The number of hydrogen-bond acceptors (Lipinski definition) is 3. The van der Waals surface area contributed by atoms with Crippen molar-refractivity contribution >= 4 is 33.1 Å². The predicted molar refractivity (Wildman–Crippen MR) is 86.7 cm³/mol. The number of aromatic nitrogens is 1. The van der Waals surface area contributed by atoms with Gasteiger partial charge in [0.1, 0.15) is 4.70 Å². The Labute approximate surface area is 141 Å². The smallest absolute Gasteiger partial charge is 0.397 e. The summed E-state index contributed by atoms with van der Waals surface area (Å²) in [7, 11) is 0. The quantitative estimate of drug-likeness (QED) is 0.823. The van der Waals surface area contributed by atoms with Crippen molar-refractivity contribution in [2.45, 2.75) is 38.3 Å². The van der Waals surface area contributed by atoms with E-state index in [0.717, 1.165) is 36.3 Å². The van der Waals surface area contributed by atoms with Gasteiger partial charge in [0, 0.05) is 12.6 Å². The van der Waals surface area contributed by atoms with E-state index < -0.39 is 11.7 Å². The Kier molecular flexibility index (Phi) is 4.67. The molecule has 4 N–H and O–H groups in total. The number of nitrogen functional groups attached to an aromatic ring is 1. The van der Waals surface area contributed by atoms with Crippen LogP contribution in [0, 0.1) is 5.92 Å². The summed E-state index contributed by atoms with van der Waals surface area (Å²) in [6.45, 7) is 0.601. The summed E-state index contributed by atoms with van der Waals surface area (Å²) in [5.41, 5.74) is 5.15. The van der Waals surface area contributed by atoms with Crippen molar-refractivity contribution in [1.82, 2.24) is 5.32 Å². The minimum Gasteiger partial charge on any atom is -0.397 e. The number of rotatable bonds is 3. The van der Waals surface area contributed by atoms with Gasteiger partial charge in [0.15, 0.2) is 0 Å². The maximum Gasteiger partial charge on any atom is 0.416 e. The zero-order valence-corrected chi connectivity index (χ0v) is 13.8. The van der Waals surface area contributed by atoms with E-state index in [4.69, 9.17) is 5.73 Å². The molecule has 24 heavy (non-hydrogen) atoms. The van der Waals surface area contributed by atoms with Crippen LogP contribution in [0.4, 0.5) is 18.9 Å². The van der Waals surface area contributed by atoms with Gasteiger partial charge in [0.2, 0.25) is 5.52 Å². The number of carbonyl (C=O) groups is 1. The molecule has 2 aromatic rings. The van der Waals surface area contributed by atoms with Gasteiger partial charge in [-0.3, -0.25) is 4.79 Å². The van der Waals surface area contributed by atoms with Crippen LogP contribution in [0.15, 0.2) is 12.1 Å². The number of benzene rings is 1. The van der Waals surface area contributed by atoms with E-state index in [2.05, 4.69) is 10.3 Å². The third-order valence-corrected chi connectivity index (χ3v) is 5.53. The molecule has 0 radical (unpaired) electrons. The summed E-state index contributed by atoms with van der Waals surface area (Å²) in [5.74, 6) is 0.189. The Morgan fingerprint density at radius 3 is 2.67 bits per heavy atom. The molecule has 1 heterocycles. The summed E-state index contributed by atoms with van der Waals surface area (Å²) < 4.78 is 39.0. The fourth-order valence-electron chi connectivity index (χ4n) is 3.08. The van der Waals surface area contributed by atoms with Crippen LogP contribution in [0.1, 0.15) is 47.5 Å². The number of hydrogen-bond donors (Lipinski definition) is 2. The normalized spacial score (nSPS) is 16.5. The highest BCUT2D eigenvalue weighted by Crippen LogP contribution is 2.35. The minimum atomic E-state index is -4.47. The van der Waals surface area contributed by atoms with E-state index in [1.165, 1.54) is 19.3 Å². The van der Waals surface area contributed by atoms with Crippen molar-refractivity contribution in [2.24, 2.45) is 5.92 Å². The number of thiazole rings is 1. The number of halogens is 3.